The first-order valence-corrected chi connectivity index (χ1v) is 10.6. The molecule has 27 heavy (non-hydrogen) atoms. The third-order valence-electron chi connectivity index (χ3n) is 5.61. The van der Waals surface area contributed by atoms with Crippen molar-refractivity contribution in [2.24, 2.45) is 0 Å². The minimum absolute atomic E-state index is 0.171. The summed E-state index contributed by atoms with van der Waals surface area (Å²) in [4.78, 5) is 0. The molecular weight excluding hydrogens is 332 g/mol. The predicted molar refractivity (Wildman–Crippen MR) is 115 cm³/mol. The zero-order chi connectivity index (χ0) is 19.6. The Morgan fingerprint density at radius 3 is 2.11 bits per heavy atom. The summed E-state index contributed by atoms with van der Waals surface area (Å²) in [7, 11) is 0. The second-order valence-corrected chi connectivity index (χ2v) is 7.87. The normalized spacial score (nSPS) is 12.3. The van der Waals surface area contributed by atoms with E-state index in [1.165, 1.54) is 50.5 Å². The lowest BCUT2D eigenvalue weighted by Crippen LogP contribution is -2.03. The van der Waals surface area contributed by atoms with Crippen LogP contribution >= 0.6 is 0 Å². The van der Waals surface area contributed by atoms with Crippen molar-refractivity contribution < 1.29 is 10.2 Å². The van der Waals surface area contributed by atoms with E-state index in [0.29, 0.717) is 11.5 Å². The molecule has 1 atom stereocenters. The molecule has 0 fully saturated rings. The summed E-state index contributed by atoms with van der Waals surface area (Å²) in [5, 5.41) is 20.5. The molecule has 2 aromatic rings. The lowest BCUT2D eigenvalue weighted by atomic mass is 9.84. The fourth-order valence-corrected chi connectivity index (χ4v) is 3.84. The van der Waals surface area contributed by atoms with Gasteiger partial charge < -0.3 is 10.2 Å². The smallest absolute Gasteiger partial charge is 0.122 e. The number of unbranched alkanes of at least 4 members (excludes halogenated alkanes) is 7. The molecule has 0 saturated heterocycles. The molecule has 0 radical (unpaired) electrons. The highest BCUT2D eigenvalue weighted by Gasteiger charge is 2.19. The summed E-state index contributed by atoms with van der Waals surface area (Å²) in [5.74, 6) is 0.912. The van der Waals surface area contributed by atoms with Gasteiger partial charge in [-0.1, -0.05) is 88.6 Å². The molecule has 2 rings (SSSR count). The molecule has 2 N–H and O–H groups in total. The Labute approximate surface area is 165 Å². The Kier molecular flexibility index (Phi) is 8.71. The van der Waals surface area contributed by atoms with Crippen molar-refractivity contribution in [2.45, 2.75) is 84.5 Å². The quantitative estimate of drug-likeness (QED) is 0.406. The maximum Gasteiger partial charge on any atom is 0.122 e. The van der Waals surface area contributed by atoms with Gasteiger partial charge in [0.1, 0.15) is 11.5 Å². The molecule has 2 heteroatoms. The Bertz CT molecular complexity index is 705. The van der Waals surface area contributed by atoms with E-state index in [0.717, 1.165) is 29.5 Å². The molecule has 0 aliphatic rings. The Morgan fingerprint density at radius 2 is 1.44 bits per heavy atom. The van der Waals surface area contributed by atoms with Gasteiger partial charge in [0.25, 0.3) is 0 Å². The van der Waals surface area contributed by atoms with Gasteiger partial charge in [-0.25, -0.2) is 0 Å². The Morgan fingerprint density at radius 1 is 0.778 bits per heavy atom. The number of aryl methyl sites for hydroxylation is 2. The van der Waals surface area contributed by atoms with Crippen molar-refractivity contribution in [2.75, 3.05) is 0 Å². The molecule has 2 aromatic carbocycles. The molecule has 0 saturated carbocycles. The average Bonchev–Trinajstić information content (AvgIpc) is 2.66. The monoisotopic (exact) mass is 368 g/mol. The molecule has 148 valence electrons. The minimum Gasteiger partial charge on any atom is -0.508 e. The van der Waals surface area contributed by atoms with Crippen molar-refractivity contribution in [3.63, 3.8) is 0 Å². The number of para-hydroxylation sites is 1. The van der Waals surface area contributed by atoms with E-state index >= 15 is 0 Å². The summed E-state index contributed by atoms with van der Waals surface area (Å²) in [6.07, 6.45) is 11.4. The van der Waals surface area contributed by atoms with Crippen LogP contribution in [0.2, 0.25) is 0 Å². The first-order chi connectivity index (χ1) is 13.0. The van der Waals surface area contributed by atoms with E-state index in [1.807, 2.05) is 38.1 Å². The highest BCUT2D eigenvalue weighted by Crippen LogP contribution is 2.38. The number of benzene rings is 2. The van der Waals surface area contributed by atoms with Gasteiger partial charge in [-0.2, -0.15) is 0 Å². The van der Waals surface area contributed by atoms with Crippen LogP contribution in [0.1, 0.15) is 92.9 Å². The standard InChI is InChI=1S/C25H36O2/c1-4-5-6-7-8-9-10-11-14-22(21-16-17-24(26)20(3)18-21)23-15-12-13-19(2)25(23)27/h12-13,15-18,22,26-27H,4-11,14H2,1-3H3. The number of phenolic OH excluding ortho intramolecular Hbond substituents is 2. The Hall–Kier alpha value is -1.96. The van der Waals surface area contributed by atoms with Crippen LogP contribution in [0.3, 0.4) is 0 Å². The fourth-order valence-electron chi connectivity index (χ4n) is 3.84. The van der Waals surface area contributed by atoms with E-state index in [1.54, 1.807) is 6.07 Å². The number of rotatable bonds is 11. The summed E-state index contributed by atoms with van der Waals surface area (Å²) in [6, 6.07) is 11.9. The van der Waals surface area contributed by atoms with Gasteiger partial charge in [-0.15, -0.1) is 0 Å². The summed E-state index contributed by atoms with van der Waals surface area (Å²) in [5.41, 5.74) is 3.99. The van der Waals surface area contributed by atoms with Gasteiger partial charge >= 0.3 is 0 Å². The van der Waals surface area contributed by atoms with E-state index in [4.69, 9.17) is 0 Å². The van der Waals surface area contributed by atoms with Crippen LogP contribution in [0.15, 0.2) is 36.4 Å². The predicted octanol–water partition coefficient (Wildman–Crippen LogP) is 7.38. The lowest BCUT2D eigenvalue weighted by Gasteiger charge is -2.21. The zero-order valence-corrected chi connectivity index (χ0v) is 17.3. The molecule has 2 nitrogen and oxygen atoms in total. The van der Waals surface area contributed by atoms with Crippen LogP contribution in [0.25, 0.3) is 0 Å². The topological polar surface area (TPSA) is 40.5 Å². The van der Waals surface area contributed by atoms with Gasteiger partial charge in [-0.3, -0.25) is 0 Å². The van der Waals surface area contributed by atoms with Gasteiger partial charge in [0.2, 0.25) is 0 Å². The van der Waals surface area contributed by atoms with Crippen LogP contribution < -0.4 is 0 Å². The minimum atomic E-state index is 0.171. The highest BCUT2D eigenvalue weighted by atomic mass is 16.3. The van der Waals surface area contributed by atoms with E-state index in [9.17, 15) is 10.2 Å². The van der Waals surface area contributed by atoms with Crippen molar-refractivity contribution in [3.05, 3.63) is 58.7 Å². The molecule has 0 aliphatic heterocycles. The average molecular weight is 369 g/mol. The van der Waals surface area contributed by atoms with Gasteiger partial charge in [-0.05, 0) is 43.0 Å². The van der Waals surface area contributed by atoms with Gasteiger partial charge in [0.05, 0.1) is 0 Å². The maximum atomic E-state index is 10.6. The van der Waals surface area contributed by atoms with Crippen LogP contribution in [-0.4, -0.2) is 10.2 Å². The number of hydrogen-bond donors (Lipinski definition) is 2. The van der Waals surface area contributed by atoms with Gasteiger partial charge in [0.15, 0.2) is 0 Å². The largest absolute Gasteiger partial charge is 0.508 e. The fraction of sp³-hybridized carbons (Fsp3) is 0.520. The first kappa shape index (κ1) is 21.3. The summed E-state index contributed by atoms with van der Waals surface area (Å²) < 4.78 is 0. The summed E-state index contributed by atoms with van der Waals surface area (Å²) >= 11 is 0. The second kappa shape index (κ2) is 11.0. The van der Waals surface area contributed by atoms with Crippen molar-refractivity contribution in [1.82, 2.24) is 0 Å². The summed E-state index contributed by atoms with van der Waals surface area (Å²) in [6.45, 7) is 6.14. The van der Waals surface area contributed by atoms with E-state index in [2.05, 4.69) is 13.0 Å². The van der Waals surface area contributed by atoms with E-state index in [-0.39, 0.29) is 5.92 Å². The number of hydrogen-bond acceptors (Lipinski definition) is 2. The van der Waals surface area contributed by atoms with E-state index < -0.39 is 0 Å². The second-order valence-electron chi connectivity index (χ2n) is 7.87. The first-order valence-electron chi connectivity index (χ1n) is 10.6. The third-order valence-corrected chi connectivity index (χ3v) is 5.61. The molecule has 0 heterocycles. The van der Waals surface area contributed by atoms with Gasteiger partial charge in [0, 0.05) is 11.5 Å². The molecule has 1 unspecified atom stereocenters. The molecule has 0 spiro atoms. The van der Waals surface area contributed by atoms with Crippen LogP contribution in [-0.2, 0) is 0 Å². The van der Waals surface area contributed by atoms with Crippen molar-refractivity contribution in [1.29, 1.82) is 0 Å². The highest BCUT2D eigenvalue weighted by molar-refractivity contribution is 5.47. The SMILES string of the molecule is CCCCCCCCCCC(c1ccc(O)c(C)c1)c1cccc(C)c1O. The number of phenols is 2. The molecule has 0 aliphatic carbocycles. The Balaban J connectivity index is 2.04. The molecule has 0 aromatic heterocycles. The van der Waals surface area contributed by atoms with Crippen LogP contribution in [0.4, 0.5) is 0 Å². The van der Waals surface area contributed by atoms with Crippen molar-refractivity contribution >= 4 is 0 Å². The molecule has 0 amide bonds. The molecule has 0 bridgehead atoms. The van der Waals surface area contributed by atoms with Crippen LogP contribution in [0, 0.1) is 13.8 Å². The third kappa shape index (κ3) is 6.30. The zero-order valence-electron chi connectivity index (χ0n) is 17.3. The number of aromatic hydroxyl groups is 2. The lowest BCUT2D eigenvalue weighted by molar-refractivity contribution is 0.455. The maximum absolute atomic E-state index is 10.6. The van der Waals surface area contributed by atoms with Crippen LogP contribution in [0.5, 0.6) is 11.5 Å². The molecular formula is C25H36O2. The van der Waals surface area contributed by atoms with Crippen molar-refractivity contribution in [3.8, 4) is 11.5 Å².